The molecule has 1 aliphatic heterocycles. The molecule has 3 nitrogen and oxygen atoms in total. The van der Waals surface area contributed by atoms with Gasteiger partial charge in [-0.1, -0.05) is 24.0 Å². The minimum Gasteiger partial charge on any atom is -0.384 e. The molecule has 0 spiro atoms. The average molecular weight is 272 g/mol. The normalized spacial score (nSPS) is 17.0. The molecule has 0 aliphatic carbocycles. The zero-order valence-electron chi connectivity index (χ0n) is 12.5. The Balaban J connectivity index is 1.95. The van der Waals surface area contributed by atoms with Crippen LogP contribution in [0.5, 0.6) is 0 Å². The Kier molecular flexibility index (Phi) is 5.60. The van der Waals surface area contributed by atoms with Crippen LogP contribution in [0, 0.1) is 11.8 Å². The monoisotopic (exact) mass is 272 g/mol. The highest BCUT2D eigenvalue weighted by Gasteiger charge is 2.20. The molecule has 1 saturated heterocycles. The number of hydrogen-bond acceptors (Lipinski definition) is 3. The maximum atomic E-state index is 8.75. The van der Waals surface area contributed by atoms with Gasteiger partial charge < -0.3 is 10.0 Å². The summed E-state index contributed by atoms with van der Waals surface area (Å²) in [5.74, 6) is 5.67. The number of aliphatic hydroxyl groups excluding tert-OH is 1. The first-order chi connectivity index (χ1) is 9.69. The summed E-state index contributed by atoms with van der Waals surface area (Å²) in [6.07, 6.45) is 2.49. The second kappa shape index (κ2) is 7.44. The van der Waals surface area contributed by atoms with Crippen molar-refractivity contribution in [2.45, 2.75) is 25.4 Å². The van der Waals surface area contributed by atoms with Crippen molar-refractivity contribution in [2.24, 2.45) is 0 Å². The summed E-state index contributed by atoms with van der Waals surface area (Å²) >= 11 is 0. The van der Waals surface area contributed by atoms with Crippen molar-refractivity contribution < 1.29 is 5.11 Å². The van der Waals surface area contributed by atoms with Gasteiger partial charge in [-0.25, -0.2) is 0 Å². The predicted octanol–water partition coefficient (Wildman–Crippen LogP) is 1.56. The van der Waals surface area contributed by atoms with Crippen LogP contribution in [-0.4, -0.2) is 54.7 Å². The molecule has 1 N–H and O–H groups in total. The fraction of sp³-hybridized carbons (Fsp3) is 0.529. The Morgan fingerprint density at radius 1 is 1.35 bits per heavy atom. The van der Waals surface area contributed by atoms with Gasteiger partial charge in [-0.2, -0.15) is 0 Å². The first-order valence-electron chi connectivity index (χ1n) is 7.26. The number of piperidine rings is 1. The second-order valence-corrected chi connectivity index (χ2v) is 5.61. The molecule has 2 rings (SSSR count). The number of nitrogens with zero attached hydrogens (tertiary/aromatic N) is 2. The summed E-state index contributed by atoms with van der Waals surface area (Å²) in [5, 5.41) is 8.75. The van der Waals surface area contributed by atoms with Crippen LogP contribution in [0.15, 0.2) is 24.3 Å². The molecular weight excluding hydrogens is 248 g/mol. The Labute approximate surface area is 122 Å². The number of aliphatic hydroxyl groups is 1. The highest BCUT2D eigenvalue weighted by Crippen LogP contribution is 2.17. The van der Waals surface area contributed by atoms with E-state index in [0.29, 0.717) is 6.04 Å². The van der Waals surface area contributed by atoms with Gasteiger partial charge in [0.25, 0.3) is 0 Å². The summed E-state index contributed by atoms with van der Waals surface area (Å²) in [4.78, 5) is 4.85. The van der Waals surface area contributed by atoms with Crippen LogP contribution in [-0.2, 0) is 6.54 Å². The smallest absolute Gasteiger partial charge is 0.104 e. The molecule has 0 unspecified atom stereocenters. The van der Waals surface area contributed by atoms with Crippen molar-refractivity contribution >= 4 is 0 Å². The van der Waals surface area contributed by atoms with Crippen LogP contribution >= 0.6 is 0 Å². The Morgan fingerprint density at radius 3 is 2.80 bits per heavy atom. The van der Waals surface area contributed by atoms with Gasteiger partial charge in [0.15, 0.2) is 0 Å². The maximum Gasteiger partial charge on any atom is 0.104 e. The lowest BCUT2D eigenvalue weighted by atomic mass is 10.0. The lowest BCUT2D eigenvalue weighted by Crippen LogP contribution is -2.41. The highest BCUT2D eigenvalue weighted by molar-refractivity contribution is 5.37. The van der Waals surface area contributed by atoms with E-state index in [9.17, 15) is 0 Å². The largest absolute Gasteiger partial charge is 0.384 e. The predicted molar refractivity (Wildman–Crippen MR) is 82.4 cm³/mol. The van der Waals surface area contributed by atoms with Gasteiger partial charge in [0.1, 0.15) is 6.61 Å². The van der Waals surface area contributed by atoms with Crippen LogP contribution in [0.4, 0.5) is 0 Å². The second-order valence-electron chi connectivity index (χ2n) is 5.61. The van der Waals surface area contributed by atoms with E-state index in [2.05, 4.69) is 47.9 Å². The van der Waals surface area contributed by atoms with Crippen molar-refractivity contribution in [3.8, 4) is 11.8 Å². The third-order valence-corrected chi connectivity index (χ3v) is 3.98. The van der Waals surface area contributed by atoms with E-state index < -0.39 is 0 Å². The molecule has 108 valence electrons. The zero-order valence-corrected chi connectivity index (χ0v) is 12.5. The van der Waals surface area contributed by atoms with E-state index in [4.69, 9.17) is 5.11 Å². The van der Waals surface area contributed by atoms with Crippen molar-refractivity contribution in [1.82, 2.24) is 9.80 Å². The molecule has 0 aromatic heterocycles. The van der Waals surface area contributed by atoms with Crippen LogP contribution < -0.4 is 0 Å². The first kappa shape index (κ1) is 15.1. The zero-order chi connectivity index (χ0) is 14.4. The lowest BCUT2D eigenvalue weighted by molar-refractivity contribution is 0.139. The summed E-state index contributed by atoms with van der Waals surface area (Å²) in [6.45, 7) is 3.26. The van der Waals surface area contributed by atoms with Gasteiger partial charge in [0.2, 0.25) is 0 Å². The van der Waals surface area contributed by atoms with Crippen molar-refractivity contribution in [3.05, 3.63) is 35.4 Å². The standard InChI is InChI=1S/C17H24N2O/c1-18-10-8-17(9-11-18)19(2)14-16-6-3-5-15(13-16)7-4-12-20/h3,5-6,13,17,20H,8-12,14H2,1-2H3. The molecule has 1 aliphatic rings. The molecular formula is C17H24N2O. The number of hydrogen-bond donors (Lipinski definition) is 1. The van der Waals surface area contributed by atoms with E-state index in [1.54, 1.807) is 0 Å². The molecule has 1 aromatic rings. The Hall–Kier alpha value is -1.34. The molecule has 0 bridgehead atoms. The van der Waals surface area contributed by atoms with E-state index in [1.165, 1.54) is 31.5 Å². The van der Waals surface area contributed by atoms with Gasteiger partial charge in [0, 0.05) is 18.2 Å². The summed E-state index contributed by atoms with van der Waals surface area (Å²) in [6, 6.07) is 8.98. The third kappa shape index (κ3) is 4.35. The highest BCUT2D eigenvalue weighted by atomic mass is 16.2. The first-order valence-corrected chi connectivity index (χ1v) is 7.26. The number of rotatable bonds is 3. The molecule has 1 aromatic carbocycles. The molecule has 3 heteroatoms. The molecule has 0 radical (unpaired) electrons. The van der Waals surface area contributed by atoms with E-state index in [0.717, 1.165) is 12.1 Å². The van der Waals surface area contributed by atoms with Gasteiger partial charge >= 0.3 is 0 Å². The minimum atomic E-state index is -0.0836. The van der Waals surface area contributed by atoms with Crippen molar-refractivity contribution in [1.29, 1.82) is 0 Å². The third-order valence-electron chi connectivity index (χ3n) is 3.98. The summed E-state index contributed by atoms with van der Waals surface area (Å²) < 4.78 is 0. The quantitative estimate of drug-likeness (QED) is 0.846. The molecule has 1 heterocycles. The topological polar surface area (TPSA) is 26.7 Å². The Bertz CT molecular complexity index is 481. The molecule has 1 fully saturated rings. The van der Waals surface area contributed by atoms with E-state index in [-0.39, 0.29) is 6.61 Å². The summed E-state index contributed by atoms with van der Waals surface area (Å²) in [7, 11) is 4.40. The van der Waals surface area contributed by atoms with Crippen molar-refractivity contribution in [2.75, 3.05) is 33.8 Å². The minimum absolute atomic E-state index is 0.0836. The molecule has 0 atom stereocenters. The van der Waals surface area contributed by atoms with Crippen LogP contribution in [0.2, 0.25) is 0 Å². The van der Waals surface area contributed by atoms with Gasteiger partial charge in [-0.3, -0.25) is 4.90 Å². The fourth-order valence-corrected chi connectivity index (χ4v) is 2.74. The van der Waals surface area contributed by atoms with E-state index in [1.807, 2.05) is 12.1 Å². The SMILES string of the molecule is CN1CCC(N(C)Cc2cccc(C#CCO)c2)CC1. The van der Waals surface area contributed by atoms with Crippen LogP contribution in [0.3, 0.4) is 0 Å². The van der Waals surface area contributed by atoms with Gasteiger partial charge in [0.05, 0.1) is 0 Å². The average Bonchev–Trinajstić information content (AvgIpc) is 2.46. The Morgan fingerprint density at radius 2 is 2.10 bits per heavy atom. The lowest BCUT2D eigenvalue weighted by Gasteiger charge is -2.35. The molecule has 0 saturated carbocycles. The van der Waals surface area contributed by atoms with Gasteiger partial charge in [-0.05, 0) is 57.7 Å². The molecule has 0 amide bonds. The van der Waals surface area contributed by atoms with Crippen molar-refractivity contribution in [3.63, 3.8) is 0 Å². The summed E-state index contributed by atoms with van der Waals surface area (Å²) in [5.41, 5.74) is 2.27. The maximum absolute atomic E-state index is 8.75. The van der Waals surface area contributed by atoms with Crippen LogP contribution in [0.1, 0.15) is 24.0 Å². The number of benzene rings is 1. The van der Waals surface area contributed by atoms with Crippen LogP contribution in [0.25, 0.3) is 0 Å². The number of likely N-dealkylation sites (tertiary alicyclic amines) is 1. The molecule has 20 heavy (non-hydrogen) atoms. The van der Waals surface area contributed by atoms with Gasteiger partial charge in [-0.15, -0.1) is 0 Å². The fourth-order valence-electron chi connectivity index (χ4n) is 2.74. The van der Waals surface area contributed by atoms with E-state index >= 15 is 0 Å².